The lowest BCUT2D eigenvalue weighted by Crippen LogP contribution is -2.35. The zero-order valence-electron chi connectivity index (χ0n) is 19.8. The largest absolute Gasteiger partial charge is 0.299 e. The molecular formula is C28H38N2O2. The molecule has 3 rings (SSSR count). The highest BCUT2D eigenvalue weighted by Crippen LogP contribution is 2.35. The van der Waals surface area contributed by atoms with Crippen LogP contribution >= 0.6 is 0 Å². The molecule has 1 aromatic carbocycles. The maximum Gasteiger partial charge on any atom is 0.158 e. The van der Waals surface area contributed by atoms with Gasteiger partial charge in [-0.1, -0.05) is 82.7 Å². The van der Waals surface area contributed by atoms with Crippen LogP contribution in [0.1, 0.15) is 101 Å². The first-order valence-electron chi connectivity index (χ1n) is 12.6. The molecule has 4 nitrogen and oxygen atoms in total. The van der Waals surface area contributed by atoms with Crippen molar-refractivity contribution in [2.75, 3.05) is 0 Å². The predicted molar refractivity (Wildman–Crippen MR) is 129 cm³/mol. The SMILES string of the molecule is CCCCCc1cnc(C(C(=O)C2CCC(CCCCC)CC2=O)c2ccccc2)nc1. The van der Waals surface area contributed by atoms with E-state index in [1.165, 1.54) is 32.1 Å². The fraction of sp³-hybridized carbons (Fsp3) is 0.571. The Morgan fingerprint density at radius 1 is 0.969 bits per heavy atom. The Morgan fingerprint density at radius 3 is 2.31 bits per heavy atom. The van der Waals surface area contributed by atoms with Gasteiger partial charge in [-0.15, -0.1) is 0 Å². The lowest BCUT2D eigenvalue weighted by molar-refractivity contribution is -0.135. The Bertz CT molecular complexity index is 847. The number of rotatable bonds is 12. The van der Waals surface area contributed by atoms with Gasteiger partial charge in [0.15, 0.2) is 5.78 Å². The molecule has 0 spiro atoms. The number of aromatic nitrogens is 2. The number of unbranched alkanes of at least 4 members (excludes halogenated alkanes) is 4. The number of hydrogen-bond donors (Lipinski definition) is 0. The molecule has 32 heavy (non-hydrogen) atoms. The van der Waals surface area contributed by atoms with Crippen molar-refractivity contribution in [2.24, 2.45) is 11.8 Å². The minimum atomic E-state index is -0.577. The van der Waals surface area contributed by atoms with Gasteiger partial charge in [0.2, 0.25) is 0 Å². The fourth-order valence-electron chi connectivity index (χ4n) is 4.83. The van der Waals surface area contributed by atoms with Gasteiger partial charge in [0.05, 0.1) is 5.92 Å². The van der Waals surface area contributed by atoms with E-state index in [1.54, 1.807) is 0 Å². The molecule has 1 heterocycles. The van der Waals surface area contributed by atoms with Crippen LogP contribution in [0.15, 0.2) is 42.7 Å². The molecule has 3 unspecified atom stereocenters. The zero-order chi connectivity index (χ0) is 22.8. The normalized spacial score (nSPS) is 19.6. The van der Waals surface area contributed by atoms with Crippen LogP contribution < -0.4 is 0 Å². The van der Waals surface area contributed by atoms with E-state index in [2.05, 4.69) is 23.8 Å². The Kier molecular flexibility index (Phi) is 9.58. The lowest BCUT2D eigenvalue weighted by atomic mass is 9.73. The highest BCUT2D eigenvalue weighted by Gasteiger charge is 2.38. The summed E-state index contributed by atoms with van der Waals surface area (Å²) >= 11 is 0. The first-order chi connectivity index (χ1) is 15.6. The van der Waals surface area contributed by atoms with Gasteiger partial charge in [-0.2, -0.15) is 0 Å². The smallest absolute Gasteiger partial charge is 0.158 e. The molecule has 1 aliphatic carbocycles. The fourth-order valence-corrected chi connectivity index (χ4v) is 4.83. The molecule has 1 fully saturated rings. The number of Topliss-reactive ketones (excluding diaryl/α,β-unsaturated/α-hetero) is 2. The van der Waals surface area contributed by atoms with Crippen molar-refractivity contribution in [3.05, 3.63) is 59.7 Å². The lowest BCUT2D eigenvalue weighted by Gasteiger charge is -2.29. The standard InChI is InChI=1S/C28H38N2O2/c1-3-5-8-12-21-16-17-24(25(31)18-21)27(32)26(23-14-10-7-11-15-23)28-29-19-22(20-30-28)13-9-6-4-2/h7,10-11,14-15,19-21,24,26H,3-6,8-9,12-13,16-18H2,1-2H3. The van der Waals surface area contributed by atoms with Crippen molar-refractivity contribution < 1.29 is 9.59 Å². The second-order valence-corrected chi connectivity index (χ2v) is 9.31. The van der Waals surface area contributed by atoms with Crippen LogP contribution in [0, 0.1) is 11.8 Å². The summed E-state index contributed by atoms with van der Waals surface area (Å²) < 4.78 is 0. The molecule has 1 saturated carbocycles. The maximum absolute atomic E-state index is 13.7. The number of carbonyl (C=O) groups is 2. The van der Waals surface area contributed by atoms with E-state index < -0.39 is 11.8 Å². The average Bonchev–Trinajstić information content (AvgIpc) is 2.81. The van der Waals surface area contributed by atoms with Gasteiger partial charge in [-0.25, -0.2) is 9.97 Å². The van der Waals surface area contributed by atoms with Crippen LogP contribution in [-0.2, 0) is 16.0 Å². The summed E-state index contributed by atoms with van der Waals surface area (Å²) in [4.78, 5) is 35.9. The highest BCUT2D eigenvalue weighted by molar-refractivity contribution is 6.06. The number of benzene rings is 1. The molecule has 4 heteroatoms. The molecule has 0 aliphatic heterocycles. The van der Waals surface area contributed by atoms with Crippen LogP contribution in [-0.4, -0.2) is 21.5 Å². The molecule has 0 bridgehead atoms. The van der Waals surface area contributed by atoms with Crippen LogP contribution in [0.5, 0.6) is 0 Å². The van der Waals surface area contributed by atoms with E-state index in [4.69, 9.17) is 0 Å². The summed E-state index contributed by atoms with van der Waals surface area (Å²) in [6.45, 7) is 4.39. The van der Waals surface area contributed by atoms with E-state index >= 15 is 0 Å². The molecule has 0 amide bonds. The summed E-state index contributed by atoms with van der Waals surface area (Å²) in [7, 11) is 0. The van der Waals surface area contributed by atoms with E-state index in [-0.39, 0.29) is 11.6 Å². The molecular weight excluding hydrogens is 396 g/mol. The monoisotopic (exact) mass is 434 g/mol. The number of carbonyl (C=O) groups excluding carboxylic acids is 2. The third-order valence-electron chi connectivity index (χ3n) is 6.77. The number of ketones is 2. The second-order valence-electron chi connectivity index (χ2n) is 9.31. The van der Waals surface area contributed by atoms with Crippen LogP contribution in [0.25, 0.3) is 0 Å². The van der Waals surface area contributed by atoms with Crippen molar-refractivity contribution in [1.29, 1.82) is 0 Å². The third kappa shape index (κ3) is 6.57. The summed E-state index contributed by atoms with van der Waals surface area (Å²) in [5.74, 6) is -0.0843. The van der Waals surface area contributed by atoms with Crippen molar-refractivity contribution in [1.82, 2.24) is 9.97 Å². The number of nitrogens with zero attached hydrogens (tertiary/aromatic N) is 2. The first kappa shape index (κ1) is 24.3. The van der Waals surface area contributed by atoms with E-state index in [9.17, 15) is 9.59 Å². The van der Waals surface area contributed by atoms with E-state index in [0.29, 0.717) is 24.6 Å². The maximum atomic E-state index is 13.7. The Morgan fingerprint density at radius 2 is 1.66 bits per heavy atom. The van der Waals surface area contributed by atoms with Gasteiger partial charge < -0.3 is 0 Å². The average molecular weight is 435 g/mol. The van der Waals surface area contributed by atoms with Crippen LogP contribution in [0.2, 0.25) is 0 Å². The predicted octanol–water partition coefficient (Wildman–Crippen LogP) is 6.48. The summed E-state index contributed by atoms with van der Waals surface area (Å²) in [5, 5.41) is 0. The molecule has 0 N–H and O–H groups in total. The van der Waals surface area contributed by atoms with Gasteiger partial charge in [0, 0.05) is 18.8 Å². The Labute approximate surface area is 193 Å². The Balaban J connectivity index is 1.75. The van der Waals surface area contributed by atoms with Crippen molar-refractivity contribution in [3.8, 4) is 0 Å². The van der Waals surface area contributed by atoms with Crippen molar-refractivity contribution in [2.45, 2.75) is 90.4 Å². The molecule has 0 saturated heterocycles. The van der Waals surface area contributed by atoms with Crippen LogP contribution in [0.4, 0.5) is 0 Å². The molecule has 0 radical (unpaired) electrons. The van der Waals surface area contributed by atoms with E-state index in [0.717, 1.165) is 36.8 Å². The molecule has 1 aliphatic rings. The van der Waals surface area contributed by atoms with Crippen molar-refractivity contribution >= 4 is 11.6 Å². The topological polar surface area (TPSA) is 59.9 Å². The Hall–Kier alpha value is -2.36. The number of aryl methyl sites for hydroxylation is 1. The molecule has 172 valence electrons. The summed E-state index contributed by atoms with van der Waals surface area (Å²) in [5.41, 5.74) is 1.97. The second kappa shape index (κ2) is 12.6. The molecule has 1 aromatic heterocycles. The van der Waals surface area contributed by atoms with Gasteiger partial charge in [-0.3, -0.25) is 9.59 Å². The van der Waals surface area contributed by atoms with Gasteiger partial charge in [-0.05, 0) is 42.7 Å². The first-order valence-corrected chi connectivity index (χ1v) is 12.6. The minimum absolute atomic E-state index is 0.0352. The van der Waals surface area contributed by atoms with Gasteiger partial charge in [0.25, 0.3) is 0 Å². The third-order valence-corrected chi connectivity index (χ3v) is 6.77. The summed E-state index contributed by atoms with van der Waals surface area (Å²) in [6, 6.07) is 9.70. The number of hydrogen-bond acceptors (Lipinski definition) is 4. The van der Waals surface area contributed by atoms with Gasteiger partial charge in [0.1, 0.15) is 17.5 Å². The quantitative estimate of drug-likeness (QED) is 0.283. The van der Waals surface area contributed by atoms with Crippen molar-refractivity contribution in [3.63, 3.8) is 0 Å². The highest BCUT2D eigenvalue weighted by atomic mass is 16.2. The molecule has 3 atom stereocenters. The van der Waals surface area contributed by atoms with Gasteiger partial charge >= 0.3 is 0 Å². The van der Waals surface area contributed by atoms with E-state index in [1.807, 2.05) is 42.7 Å². The summed E-state index contributed by atoms with van der Waals surface area (Å²) in [6.07, 6.45) is 15.0. The minimum Gasteiger partial charge on any atom is -0.299 e. The molecule has 2 aromatic rings. The van der Waals surface area contributed by atoms with Crippen LogP contribution in [0.3, 0.4) is 0 Å². The zero-order valence-corrected chi connectivity index (χ0v) is 19.8.